The van der Waals surface area contributed by atoms with Crippen molar-refractivity contribution in [1.82, 2.24) is 10.2 Å². The minimum atomic E-state index is -4.24. The van der Waals surface area contributed by atoms with Crippen molar-refractivity contribution in [3.05, 3.63) is 156 Å². The summed E-state index contributed by atoms with van der Waals surface area (Å²) in [7, 11) is -4.24. The number of carbonyl (C=O) groups is 2. The summed E-state index contributed by atoms with van der Waals surface area (Å²) in [6, 6.07) is 39.6. The van der Waals surface area contributed by atoms with E-state index in [9.17, 15) is 18.0 Å². The Morgan fingerprint density at radius 2 is 1.31 bits per heavy atom. The standard InChI is InChI=1S/C42H42ClN3O5S/c43-39-24-14-13-17-33(39)30-45(40(29-32-15-5-1-6-16-32)42(48)44-34-18-7-2-8-19-34)41(47)31-46(52(49,50)38-22-11-4-12-23-38)35-25-27-37(28-26-35)51-36-20-9-3-10-21-36/h1,3-6,9-17,20-28,34,40H,2,7-8,18-19,29-31H2,(H,44,48)/t40-/m0/s1. The number of amides is 2. The molecule has 0 aromatic heterocycles. The lowest BCUT2D eigenvalue weighted by molar-refractivity contribution is -0.140. The normalized spacial score (nSPS) is 13.9. The van der Waals surface area contributed by atoms with Crippen molar-refractivity contribution in [2.45, 2.75) is 62.0 Å². The number of carbonyl (C=O) groups excluding carboxylic acids is 2. The van der Waals surface area contributed by atoms with Crippen molar-refractivity contribution in [3.8, 4) is 11.5 Å². The van der Waals surface area contributed by atoms with Gasteiger partial charge in [-0.3, -0.25) is 13.9 Å². The van der Waals surface area contributed by atoms with Gasteiger partial charge in [0.2, 0.25) is 11.8 Å². The van der Waals surface area contributed by atoms with E-state index in [1.807, 2.05) is 72.8 Å². The van der Waals surface area contributed by atoms with Gasteiger partial charge in [0.25, 0.3) is 10.0 Å². The Bertz CT molecular complexity index is 2030. The summed E-state index contributed by atoms with van der Waals surface area (Å²) >= 11 is 6.64. The molecular formula is C42H42ClN3O5S. The molecule has 6 rings (SSSR count). The van der Waals surface area contributed by atoms with E-state index >= 15 is 0 Å². The number of anilines is 1. The minimum Gasteiger partial charge on any atom is -0.457 e. The first-order valence-corrected chi connectivity index (χ1v) is 19.4. The van der Waals surface area contributed by atoms with Crippen molar-refractivity contribution < 1.29 is 22.7 Å². The van der Waals surface area contributed by atoms with E-state index in [0.717, 1.165) is 42.0 Å². The largest absolute Gasteiger partial charge is 0.457 e. The van der Waals surface area contributed by atoms with Crippen LogP contribution in [0, 0.1) is 0 Å². The van der Waals surface area contributed by atoms with Crippen molar-refractivity contribution >= 4 is 39.1 Å². The molecule has 0 radical (unpaired) electrons. The van der Waals surface area contributed by atoms with E-state index in [-0.39, 0.29) is 35.5 Å². The quantitative estimate of drug-likeness (QED) is 0.124. The van der Waals surface area contributed by atoms with Gasteiger partial charge in [0.15, 0.2) is 0 Å². The highest BCUT2D eigenvalue weighted by atomic mass is 35.5. The second-order valence-corrected chi connectivity index (χ2v) is 15.2. The summed E-state index contributed by atoms with van der Waals surface area (Å²) < 4.78 is 35.8. The minimum absolute atomic E-state index is 0.00281. The average molecular weight is 736 g/mol. The SMILES string of the molecule is O=C(NC1CCCCC1)[C@H](Cc1ccccc1)N(Cc1ccccc1Cl)C(=O)CN(c1ccc(Oc2ccccc2)cc1)S(=O)(=O)c1ccccc1. The first-order valence-electron chi connectivity index (χ1n) is 17.6. The van der Waals surface area contributed by atoms with Gasteiger partial charge in [0, 0.05) is 24.0 Å². The lowest BCUT2D eigenvalue weighted by Gasteiger charge is -2.35. The van der Waals surface area contributed by atoms with Gasteiger partial charge in [0.05, 0.1) is 10.6 Å². The third kappa shape index (κ3) is 9.40. The molecule has 5 aromatic rings. The number of sulfonamides is 1. The zero-order valence-corrected chi connectivity index (χ0v) is 30.4. The summed E-state index contributed by atoms with van der Waals surface area (Å²) in [5, 5.41) is 3.67. The van der Waals surface area contributed by atoms with Crippen molar-refractivity contribution in [2.24, 2.45) is 0 Å². The molecule has 0 aliphatic heterocycles. The molecule has 10 heteroatoms. The molecule has 1 aliphatic carbocycles. The van der Waals surface area contributed by atoms with Crippen LogP contribution < -0.4 is 14.4 Å². The van der Waals surface area contributed by atoms with E-state index in [2.05, 4.69) is 5.32 Å². The number of rotatable bonds is 14. The van der Waals surface area contributed by atoms with E-state index < -0.39 is 28.5 Å². The first kappa shape index (κ1) is 36.7. The maximum absolute atomic E-state index is 14.8. The van der Waals surface area contributed by atoms with Gasteiger partial charge in [-0.05, 0) is 78.6 Å². The van der Waals surface area contributed by atoms with Crippen LogP contribution in [0.4, 0.5) is 5.69 Å². The summed E-state index contributed by atoms with van der Waals surface area (Å²) in [4.78, 5) is 30.7. The van der Waals surface area contributed by atoms with E-state index in [1.165, 1.54) is 17.0 Å². The van der Waals surface area contributed by atoms with Crippen molar-refractivity contribution in [1.29, 1.82) is 0 Å². The predicted octanol–water partition coefficient (Wildman–Crippen LogP) is 8.42. The van der Waals surface area contributed by atoms with Gasteiger partial charge >= 0.3 is 0 Å². The zero-order valence-electron chi connectivity index (χ0n) is 28.8. The van der Waals surface area contributed by atoms with Crippen LogP contribution in [-0.2, 0) is 32.6 Å². The number of para-hydroxylation sites is 1. The van der Waals surface area contributed by atoms with Crippen LogP contribution in [0.1, 0.15) is 43.2 Å². The molecule has 1 atom stereocenters. The zero-order chi connectivity index (χ0) is 36.3. The molecule has 8 nitrogen and oxygen atoms in total. The summed E-state index contributed by atoms with van der Waals surface area (Å²) in [5.41, 5.74) is 1.77. The molecule has 5 aromatic carbocycles. The number of hydrogen-bond donors (Lipinski definition) is 1. The highest BCUT2D eigenvalue weighted by molar-refractivity contribution is 7.92. The highest BCUT2D eigenvalue weighted by Crippen LogP contribution is 2.29. The Hall–Kier alpha value is -5.12. The van der Waals surface area contributed by atoms with Gasteiger partial charge in [-0.15, -0.1) is 0 Å². The fraction of sp³-hybridized carbons (Fsp3) is 0.238. The molecule has 0 saturated heterocycles. The number of ether oxygens (including phenoxy) is 1. The van der Waals surface area contributed by atoms with Crippen LogP contribution in [0.5, 0.6) is 11.5 Å². The van der Waals surface area contributed by atoms with Crippen LogP contribution in [0.2, 0.25) is 5.02 Å². The van der Waals surface area contributed by atoms with Crippen LogP contribution in [-0.4, -0.2) is 43.8 Å². The van der Waals surface area contributed by atoms with Gasteiger partial charge in [-0.25, -0.2) is 8.42 Å². The fourth-order valence-electron chi connectivity index (χ4n) is 6.46. The Morgan fingerprint density at radius 3 is 1.96 bits per heavy atom. The van der Waals surface area contributed by atoms with E-state index in [4.69, 9.17) is 16.3 Å². The van der Waals surface area contributed by atoms with Crippen LogP contribution in [0.25, 0.3) is 0 Å². The van der Waals surface area contributed by atoms with Crippen LogP contribution in [0.15, 0.2) is 144 Å². The molecule has 1 aliphatic rings. The number of hydrogen-bond acceptors (Lipinski definition) is 5. The fourth-order valence-corrected chi connectivity index (χ4v) is 8.09. The van der Waals surface area contributed by atoms with E-state index in [1.54, 1.807) is 54.6 Å². The second-order valence-electron chi connectivity index (χ2n) is 12.9. The second kappa shape index (κ2) is 17.4. The third-order valence-electron chi connectivity index (χ3n) is 9.23. The lowest BCUT2D eigenvalue weighted by Crippen LogP contribution is -2.55. The summed E-state index contributed by atoms with van der Waals surface area (Å²) in [5.74, 6) is 0.297. The van der Waals surface area contributed by atoms with Gasteiger partial charge < -0.3 is 15.0 Å². The van der Waals surface area contributed by atoms with Crippen LogP contribution >= 0.6 is 11.6 Å². The van der Waals surface area contributed by atoms with E-state index in [0.29, 0.717) is 22.1 Å². The molecule has 1 N–H and O–H groups in total. The number of benzene rings is 5. The molecular weight excluding hydrogens is 694 g/mol. The molecule has 1 saturated carbocycles. The van der Waals surface area contributed by atoms with Gasteiger partial charge in [-0.2, -0.15) is 0 Å². The molecule has 0 spiro atoms. The smallest absolute Gasteiger partial charge is 0.264 e. The number of nitrogens with one attached hydrogen (secondary N) is 1. The Labute approximate surface area is 311 Å². The first-order chi connectivity index (χ1) is 25.3. The average Bonchev–Trinajstić information content (AvgIpc) is 3.17. The molecule has 0 heterocycles. The maximum Gasteiger partial charge on any atom is 0.264 e. The summed E-state index contributed by atoms with van der Waals surface area (Å²) in [6.45, 7) is -0.570. The van der Waals surface area contributed by atoms with Gasteiger partial charge in [0.1, 0.15) is 24.1 Å². The molecule has 0 bridgehead atoms. The number of halogens is 1. The predicted molar refractivity (Wildman–Crippen MR) is 205 cm³/mol. The van der Waals surface area contributed by atoms with Crippen molar-refractivity contribution in [2.75, 3.05) is 10.8 Å². The monoisotopic (exact) mass is 735 g/mol. The number of nitrogens with zero attached hydrogens (tertiary/aromatic N) is 2. The Morgan fingerprint density at radius 1 is 0.731 bits per heavy atom. The maximum atomic E-state index is 14.8. The molecule has 52 heavy (non-hydrogen) atoms. The molecule has 0 unspecified atom stereocenters. The Kier molecular flexibility index (Phi) is 12.3. The summed E-state index contributed by atoms with van der Waals surface area (Å²) in [6.07, 6.45) is 5.15. The topological polar surface area (TPSA) is 96.0 Å². The molecule has 1 fully saturated rings. The van der Waals surface area contributed by atoms with Crippen LogP contribution in [0.3, 0.4) is 0 Å². The van der Waals surface area contributed by atoms with Crippen molar-refractivity contribution in [3.63, 3.8) is 0 Å². The molecule has 2 amide bonds. The molecule has 268 valence electrons. The van der Waals surface area contributed by atoms with Gasteiger partial charge in [-0.1, -0.05) is 116 Å². The highest BCUT2D eigenvalue weighted by Gasteiger charge is 2.35. The Balaban J connectivity index is 1.38. The third-order valence-corrected chi connectivity index (χ3v) is 11.4. The lowest BCUT2D eigenvalue weighted by atomic mass is 9.94.